The summed E-state index contributed by atoms with van der Waals surface area (Å²) in [5, 5.41) is 2.92. The van der Waals surface area contributed by atoms with E-state index in [0.717, 1.165) is 16.9 Å². The molecule has 2 rings (SSSR count). The lowest BCUT2D eigenvalue weighted by molar-refractivity contribution is 0.331. The van der Waals surface area contributed by atoms with Crippen LogP contribution in [0, 0.1) is 5.82 Å². The van der Waals surface area contributed by atoms with Crippen LogP contribution in [-0.4, -0.2) is 13.7 Å². The van der Waals surface area contributed by atoms with Gasteiger partial charge in [-0.25, -0.2) is 9.48 Å². The number of ether oxygens (including phenoxy) is 1. The lowest BCUT2D eigenvalue weighted by Gasteiger charge is -2.15. The molecule has 0 aliphatic heterocycles. The predicted molar refractivity (Wildman–Crippen MR) is 104 cm³/mol. The summed E-state index contributed by atoms with van der Waals surface area (Å²) < 4.78 is 36.3. The molecule has 138 valence electrons. The molecule has 0 aliphatic carbocycles. The van der Waals surface area contributed by atoms with Gasteiger partial charge in [0.25, 0.3) is 7.52 Å². The van der Waals surface area contributed by atoms with Gasteiger partial charge in [0, 0.05) is 12.4 Å². The molecular formula is C20H23FNO3P. The summed E-state index contributed by atoms with van der Waals surface area (Å²) in [7, 11) is -1.50. The molecule has 0 aliphatic rings. The van der Waals surface area contributed by atoms with Crippen LogP contribution < -0.4 is 9.82 Å². The maximum atomic E-state index is 12.9. The monoisotopic (exact) mass is 375 g/mol. The topological polar surface area (TPSA) is 47.6 Å². The van der Waals surface area contributed by atoms with Gasteiger partial charge in [0.1, 0.15) is 11.6 Å². The highest BCUT2D eigenvalue weighted by molar-refractivity contribution is 7.60. The van der Waals surface area contributed by atoms with Crippen molar-refractivity contribution < 1.29 is 18.2 Å². The molecular weight excluding hydrogens is 352 g/mol. The van der Waals surface area contributed by atoms with Crippen LogP contribution in [0.5, 0.6) is 5.75 Å². The van der Waals surface area contributed by atoms with Gasteiger partial charge >= 0.3 is 0 Å². The van der Waals surface area contributed by atoms with Crippen LogP contribution in [0.15, 0.2) is 66.5 Å². The van der Waals surface area contributed by atoms with Gasteiger partial charge < -0.3 is 9.26 Å². The Bertz CT molecular complexity index is 786. The highest BCUT2D eigenvalue weighted by Gasteiger charge is 2.17. The van der Waals surface area contributed by atoms with Crippen molar-refractivity contribution in [3.63, 3.8) is 0 Å². The fraction of sp³-hybridized carbons (Fsp3) is 0.200. The van der Waals surface area contributed by atoms with Gasteiger partial charge in [-0.15, -0.1) is 0 Å². The van der Waals surface area contributed by atoms with Crippen molar-refractivity contribution in [2.24, 2.45) is 0 Å². The van der Waals surface area contributed by atoms with E-state index in [4.69, 9.17) is 9.26 Å². The lowest BCUT2D eigenvalue weighted by Crippen LogP contribution is -2.11. The van der Waals surface area contributed by atoms with Crippen LogP contribution in [0.3, 0.4) is 0 Å². The molecule has 0 aromatic heterocycles. The molecule has 0 heterocycles. The Morgan fingerprint density at radius 1 is 1.08 bits per heavy atom. The van der Waals surface area contributed by atoms with Crippen LogP contribution in [0.1, 0.15) is 18.1 Å². The molecule has 0 amide bonds. The minimum atomic E-state index is -3.13. The molecule has 26 heavy (non-hydrogen) atoms. The number of halogens is 1. The summed E-state index contributed by atoms with van der Waals surface area (Å²) in [5.41, 5.74) is 1.83. The van der Waals surface area contributed by atoms with Gasteiger partial charge in [0.2, 0.25) is 0 Å². The highest BCUT2D eigenvalue weighted by Crippen LogP contribution is 2.44. The number of hydrogen-bond acceptors (Lipinski definition) is 3. The number of nitrogens with one attached hydrogen (secondary N) is 1. The van der Waals surface area contributed by atoms with E-state index in [0.29, 0.717) is 13.2 Å². The minimum Gasteiger partial charge on any atom is -0.497 e. The first-order valence-electron chi connectivity index (χ1n) is 8.28. The third-order valence-corrected chi connectivity index (χ3v) is 5.34. The smallest absolute Gasteiger partial charge is 0.292 e. The predicted octanol–water partition coefficient (Wildman–Crippen LogP) is 5.38. The largest absolute Gasteiger partial charge is 0.497 e. The van der Waals surface area contributed by atoms with Crippen LogP contribution in [0.4, 0.5) is 4.39 Å². The van der Waals surface area contributed by atoms with Crippen molar-refractivity contribution in [1.82, 2.24) is 5.09 Å². The Labute approximate surface area is 153 Å². The normalized spacial score (nSPS) is 14.0. The van der Waals surface area contributed by atoms with E-state index in [1.807, 2.05) is 30.3 Å². The SMILES string of the molecule is CCOP(=O)(/C=C/C=C/c1ccc(OC)cc1)NCc1ccc(F)cc1. The number of rotatable bonds is 9. The van der Waals surface area contributed by atoms with Crippen LogP contribution in [0.2, 0.25) is 0 Å². The molecule has 1 N–H and O–H groups in total. The quantitative estimate of drug-likeness (QED) is 0.472. The molecule has 2 aromatic rings. The maximum Gasteiger partial charge on any atom is 0.292 e. The molecule has 2 aromatic carbocycles. The van der Waals surface area contributed by atoms with Crippen molar-refractivity contribution >= 4 is 13.6 Å². The molecule has 1 unspecified atom stereocenters. The second kappa shape index (κ2) is 10.1. The molecule has 1 atom stereocenters. The zero-order chi connectivity index (χ0) is 18.8. The van der Waals surface area contributed by atoms with E-state index in [-0.39, 0.29) is 5.82 Å². The zero-order valence-corrected chi connectivity index (χ0v) is 15.8. The number of allylic oxidation sites excluding steroid dienone is 2. The summed E-state index contributed by atoms with van der Waals surface area (Å²) >= 11 is 0. The summed E-state index contributed by atoms with van der Waals surface area (Å²) in [6, 6.07) is 13.6. The molecule has 4 nitrogen and oxygen atoms in total. The van der Waals surface area contributed by atoms with E-state index >= 15 is 0 Å². The molecule has 0 bridgehead atoms. The Hall–Kier alpha value is -2.20. The lowest BCUT2D eigenvalue weighted by atomic mass is 10.2. The fourth-order valence-corrected chi connectivity index (χ4v) is 3.58. The van der Waals surface area contributed by atoms with E-state index in [1.54, 1.807) is 38.3 Å². The van der Waals surface area contributed by atoms with E-state index in [1.165, 1.54) is 17.9 Å². The van der Waals surface area contributed by atoms with Gasteiger partial charge in [0.05, 0.1) is 13.7 Å². The van der Waals surface area contributed by atoms with Gasteiger partial charge in [-0.05, 0) is 42.3 Å². The fourth-order valence-electron chi connectivity index (χ4n) is 2.18. The Kier molecular flexibility index (Phi) is 7.79. The van der Waals surface area contributed by atoms with Crippen molar-refractivity contribution in [3.05, 3.63) is 83.4 Å². The Morgan fingerprint density at radius 2 is 1.77 bits per heavy atom. The molecule has 0 radical (unpaired) electrons. The van der Waals surface area contributed by atoms with Gasteiger partial charge in [-0.2, -0.15) is 0 Å². The van der Waals surface area contributed by atoms with Crippen molar-refractivity contribution in [2.75, 3.05) is 13.7 Å². The summed E-state index contributed by atoms with van der Waals surface area (Å²) in [4.78, 5) is 0. The second-order valence-corrected chi connectivity index (χ2v) is 7.52. The second-order valence-electron chi connectivity index (χ2n) is 5.45. The number of benzene rings is 2. The third kappa shape index (κ3) is 6.60. The standard InChI is InChI=1S/C20H23FNO3P/c1-3-25-26(23,22-16-18-7-11-19(21)12-8-18)15-5-4-6-17-9-13-20(24-2)14-10-17/h4-15H,3,16H2,1-2H3,(H,22,23)/b6-4+,15-5+. The molecule has 0 spiro atoms. The molecule has 0 saturated heterocycles. The molecule has 0 fully saturated rings. The average Bonchev–Trinajstić information content (AvgIpc) is 2.66. The first-order chi connectivity index (χ1) is 12.5. The summed E-state index contributed by atoms with van der Waals surface area (Å²) in [5.74, 6) is 2.02. The van der Waals surface area contributed by atoms with Crippen LogP contribution in [-0.2, 0) is 15.6 Å². The summed E-state index contributed by atoms with van der Waals surface area (Å²) in [6.45, 7) is 2.43. The first-order valence-corrected chi connectivity index (χ1v) is 9.98. The van der Waals surface area contributed by atoms with Gasteiger partial charge in [-0.3, -0.25) is 4.57 Å². The van der Waals surface area contributed by atoms with E-state index < -0.39 is 7.52 Å². The number of hydrogen-bond donors (Lipinski definition) is 1. The number of methoxy groups -OCH3 is 1. The first kappa shape index (κ1) is 20.1. The average molecular weight is 375 g/mol. The maximum absolute atomic E-state index is 12.9. The zero-order valence-electron chi connectivity index (χ0n) is 14.9. The van der Waals surface area contributed by atoms with Crippen molar-refractivity contribution in [3.8, 4) is 5.75 Å². The van der Waals surface area contributed by atoms with E-state index in [9.17, 15) is 8.96 Å². The Balaban J connectivity index is 1.97. The van der Waals surface area contributed by atoms with Gasteiger partial charge in [-0.1, -0.05) is 42.5 Å². The highest BCUT2D eigenvalue weighted by atomic mass is 31.2. The van der Waals surface area contributed by atoms with Crippen molar-refractivity contribution in [1.29, 1.82) is 0 Å². The van der Waals surface area contributed by atoms with Crippen molar-refractivity contribution in [2.45, 2.75) is 13.5 Å². The van der Waals surface area contributed by atoms with E-state index in [2.05, 4.69) is 5.09 Å². The minimum absolute atomic E-state index is 0.301. The molecule has 6 heteroatoms. The van der Waals surface area contributed by atoms with Crippen LogP contribution >= 0.6 is 7.52 Å². The van der Waals surface area contributed by atoms with Crippen LogP contribution in [0.25, 0.3) is 6.08 Å². The molecule has 0 saturated carbocycles. The third-order valence-electron chi connectivity index (χ3n) is 3.54. The van der Waals surface area contributed by atoms with Gasteiger partial charge in [0.15, 0.2) is 0 Å². The summed E-state index contributed by atoms with van der Waals surface area (Å²) in [6.07, 6.45) is 5.39. The Morgan fingerprint density at radius 3 is 2.38 bits per heavy atom.